The maximum atomic E-state index is 12.4. The molecule has 1 aliphatic carbocycles. The molecule has 0 aromatic rings. The van der Waals surface area contributed by atoms with Gasteiger partial charge < -0.3 is 5.73 Å². The average Bonchev–Trinajstić information content (AvgIpc) is 2.74. The molecule has 0 bridgehead atoms. The predicted molar refractivity (Wildman–Crippen MR) is 72.1 cm³/mol. The number of nitrogens with two attached hydrogens (primary N) is 1. The molecule has 19 heavy (non-hydrogen) atoms. The van der Waals surface area contributed by atoms with E-state index in [1.807, 2.05) is 13.8 Å². The second kappa shape index (κ2) is 6.44. The lowest BCUT2D eigenvalue weighted by molar-refractivity contribution is -0.127. The van der Waals surface area contributed by atoms with Crippen LogP contribution in [0, 0.1) is 5.92 Å². The molecule has 0 atom stereocenters. The van der Waals surface area contributed by atoms with Crippen molar-refractivity contribution in [2.45, 2.75) is 65.1 Å². The van der Waals surface area contributed by atoms with E-state index in [1.165, 1.54) is 0 Å². The van der Waals surface area contributed by atoms with Gasteiger partial charge in [0.25, 0.3) is 0 Å². The van der Waals surface area contributed by atoms with Gasteiger partial charge in [-0.2, -0.15) is 13.2 Å². The van der Waals surface area contributed by atoms with Crippen molar-refractivity contribution >= 4 is 5.71 Å². The predicted octanol–water partition coefficient (Wildman–Crippen LogP) is 4.21. The lowest BCUT2D eigenvalue weighted by Crippen LogP contribution is -2.20. The van der Waals surface area contributed by atoms with Crippen LogP contribution in [0.2, 0.25) is 0 Å². The second-order valence-electron chi connectivity index (χ2n) is 5.55. The van der Waals surface area contributed by atoms with E-state index in [9.17, 15) is 13.2 Å². The lowest BCUT2D eigenvalue weighted by atomic mass is 9.98. The molecule has 1 aliphatic rings. The van der Waals surface area contributed by atoms with Crippen LogP contribution in [0.25, 0.3) is 0 Å². The van der Waals surface area contributed by atoms with E-state index in [2.05, 4.69) is 4.99 Å². The highest BCUT2D eigenvalue weighted by Gasteiger charge is 2.29. The van der Waals surface area contributed by atoms with Gasteiger partial charge in [0.05, 0.1) is 12.5 Å². The molecule has 0 unspecified atom stereocenters. The van der Waals surface area contributed by atoms with E-state index in [0.29, 0.717) is 5.57 Å². The Labute approximate surface area is 113 Å². The summed E-state index contributed by atoms with van der Waals surface area (Å²) in [7, 11) is 0. The first-order valence-corrected chi connectivity index (χ1v) is 6.80. The van der Waals surface area contributed by atoms with Crippen LogP contribution >= 0.6 is 0 Å². The van der Waals surface area contributed by atoms with Gasteiger partial charge in [0, 0.05) is 11.4 Å². The van der Waals surface area contributed by atoms with Crippen LogP contribution in [0.3, 0.4) is 0 Å². The molecular formula is C14H23F3N2. The molecule has 1 rings (SSSR count). The summed E-state index contributed by atoms with van der Waals surface area (Å²) in [5.74, 6) is 0.0902. The fourth-order valence-corrected chi connectivity index (χ4v) is 2.42. The number of rotatable bonds is 4. The van der Waals surface area contributed by atoms with Gasteiger partial charge in [-0.15, -0.1) is 0 Å². The van der Waals surface area contributed by atoms with Gasteiger partial charge in [0.2, 0.25) is 0 Å². The number of hydrogen-bond donors (Lipinski definition) is 1. The van der Waals surface area contributed by atoms with Crippen molar-refractivity contribution in [1.82, 2.24) is 0 Å². The molecule has 5 heteroatoms. The summed E-state index contributed by atoms with van der Waals surface area (Å²) in [5.41, 5.74) is 6.71. The molecule has 0 aromatic carbocycles. The average molecular weight is 276 g/mol. The summed E-state index contributed by atoms with van der Waals surface area (Å²) in [6.07, 6.45) is -0.956. The van der Waals surface area contributed by atoms with Crippen LogP contribution in [-0.4, -0.2) is 17.9 Å². The quantitative estimate of drug-likeness (QED) is 0.767. The van der Waals surface area contributed by atoms with Crippen LogP contribution in [-0.2, 0) is 0 Å². The molecular weight excluding hydrogens is 253 g/mol. The topological polar surface area (TPSA) is 38.4 Å². The maximum Gasteiger partial charge on any atom is 0.394 e. The summed E-state index contributed by atoms with van der Waals surface area (Å²) in [5, 5.41) is 0. The highest BCUT2D eigenvalue weighted by atomic mass is 19.4. The number of nitrogens with zero attached hydrogens (tertiary/aromatic N) is 1. The Kier molecular flexibility index (Phi) is 5.44. The molecule has 0 heterocycles. The number of halogens is 3. The minimum atomic E-state index is -4.26. The summed E-state index contributed by atoms with van der Waals surface area (Å²) >= 11 is 0. The van der Waals surface area contributed by atoms with Gasteiger partial charge in [0.1, 0.15) is 0 Å². The maximum absolute atomic E-state index is 12.4. The molecule has 0 spiro atoms. The van der Waals surface area contributed by atoms with Gasteiger partial charge in [-0.3, -0.25) is 4.99 Å². The largest absolute Gasteiger partial charge is 0.401 e. The lowest BCUT2D eigenvalue weighted by Gasteiger charge is -2.17. The third-order valence-corrected chi connectivity index (χ3v) is 3.45. The normalized spacial score (nSPS) is 20.1. The van der Waals surface area contributed by atoms with Crippen molar-refractivity contribution in [2.24, 2.45) is 16.6 Å². The number of aliphatic imine (C=N–C) groups is 1. The molecule has 0 radical (unpaired) electrons. The number of hydrogen-bond acceptors (Lipinski definition) is 2. The van der Waals surface area contributed by atoms with Crippen LogP contribution in [0.4, 0.5) is 13.2 Å². The molecule has 110 valence electrons. The van der Waals surface area contributed by atoms with E-state index in [-0.39, 0.29) is 17.7 Å². The van der Waals surface area contributed by atoms with E-state index < -0.39 is 12.6 Å². The third kappa shape index (κ3) is 5.25. The molecule has 1 saturated carbocycles. The molecule has 0 saturated heterocycles. The Balaban J connectivity index is 2.94. The first kappa shape index (κ1) is 16.1. The van der Waals surface area contributed by atoms with E-state index >= 15 is 0 Å². The molecule has 1 fully saturated rings. The summed E-state index contributed by atoms with van der Waals surface area (Å²) in [6, 6.07) is 0.256. The molecule has 0 aromatic heterocycles. The fraction of sp³-hybridized carbons (Fsp3) is 0.786. The summed E-state index contributed by atoms with van der Waals surface area (Å²) < 4.78 is 37.1. The van der Waals surface area contributed by atoms with E-state index in [4.69, 9.17) is 5.73 Å². The SMILES string of the molecule is CC(C(=NC1CCCC1)C(C)C)=C(N)CC(F)(F)F. The Morgan fingerprint density at radius 2 is 1.79 bits per heavy atom. The van der Waals surface area contributed by atoms with Gasteiger partial charge in [-0.05, 0) is 31.3 Å². The fourth-order valence-electron chi connectivity index (χ4n) is 2.42. The summed E-state index contributed by atoms with van der Waals surface area (Å²) in [6.45, 7) is 5.53. The summed E-state index contributed by atoms with van der Waals surface area (Å²) in [4.78, 5) is 4.64. The van der Waals surface area contributed by atoms with Crippen LogP contribution in [0.1, 0.15) is 52.9 Å². The van der Waals surface area contributed by atoms with Crippen molar-refractivity contribution in [3.05, 3.63) is 11.3 Å². The Morgan fingerprint density at radius 1 is 1.26 bits per heavy atom. The van der Waals surface area contributed by atoms with Crippen molar-refractivity contribution in [2.75, 3.05) is 0 Å². The highest BCUT2D eigenvalue weighted by Crippen LogP contribution is 2.27. The number of allylic oxidation sites excluding steroid dienone is 2. The molecule has 0 aliphatic heterocycles. The van der Waals surface area contributed by atoms with Crippen molar-refractivity contribution < 1.29 is 13.2 Å². The minimum Gasteiger partial charge on any atom is -0.401 e. The molecule has 2 nitrogen and oxygen atoms in total. The zero-order valence-corrected chi connectivity index (χ0v) is 11.8. The smallest absolute Gasteiger partial charge is 0.394 e. The van der Waals surface area contributed by atoms with Gasteiger partial charge in [-0.25, -0.2) is 0 Å². The Morgan fingerprint density at radius 3 is 2.21 bits per heavy atom. The highest BCUT2D eigenvalue weighted by molar-refractivity contribution is 6.01. The zero-order chi connectivity index (χ0) is 14.6. The monoisotopic (exact) mass is 276 g/mol. The van der Waals surface area contributed by atoms with Gasteiger partial charge >= 0.3 is 6.18 Å². The van der Waals surface area contributed by atoms with Crippen molar-refractivity contribution in [1.29, 1.82) is 0 Å². The Hall–Kier alpha value is -1.00. The first-order chi connectivity index (χ1) is 8.70. The minimum absolute atomic E-state index is 0.0902. The second-order valence-corrected chi connectivity index (χ2v) is 5.55. The van der Waals surface area contributed by atoms with Crippen LogP contribution in [0.5, 0.6) is 0 Å². The third-order valence-electron chi connectivity index (χ3n) is 3.45. The van der Waals surface area contributed by atoms with Gasteiger partial charge in [0.15, 0.2) is 0 Å². The van der Waals surface area contributed by atoms with E-state index in [0.717, 1.165) is 31.4 Å². The number of alkyl halides is 3. The first-order valence-electron chi connectivity index (χ1n) is 6.80. The van der Waals surface area contributed by atoms with Crippen LogP contribution in [0.15, 0.2) is 16.3 Å². The zero-order valence-electron chi connectivity index (χ0n) is 11.8. The molecule has 2 N–H and O–H groups in total. The molecule has 0 amide bonds. The van der Waals surface area contributed by atoms with Gasteiger partial charge in [-0.1, -0.05) is 26.7 Å². The Bertz CT molecular complexity index is 361. The van der Waals surface area contributed by atoms with E-state index in [1.54, 1.807) is 6.92 Å². The standard InChI is InChI=1S/C14H23F3N2/c1-9(2)13(19-11-6-4-5-7-11)10(3)12(18)8-14(15,16)17/h9,11H,4-8,18H2,1-3H3. The van der Waals surface area contributed by atoms with Crippen LogP contribution < -0.4 is 5.73 Å². The van der Waals surface area contributed by atoms with Crippen molar-refractivity contribution in [3.63, 3.8) is 0 Å². The van der Waals surface area contributed by atoms with Crippen molar-refractivity contribution in [3.8, 4) is 0 Å².